The average molecular weight is 603 g/mol. The van der Waals surface area contributed by atoms with Crippen molar-refractivity contribution in [2.24, 2.45) is 0 Å². The van der Waals surface area contributed by atoms with Gasteiger partial charge in [0.2, 0.25) is 5.91 Å². The van der Waals surface area contributed by atoms with Gasteiger partial charge in [-0.2, -0.15) is 0 Å². The van der Waals surface area contributed by atoms with Crippen molar-refractivity contribution in [2.45, 2.75) is 30.3 Å². The molecule has 1 fully saturated rings. The number of carbonyl (C=O) groups is 2. The number of amides is 3. The summed E-state index contributed by atoms with van der Waals surface area (Å²) in [5.74, 6) is -0.860. The summed E-state index contributed by atoms with van der Waals surface area (Å²) in [6.45, 7) is 4.93. The van der Waals surface area contributed by atoms with Crippen LogP contribution in [-0.2, 0) is 11.3 Å². The number of hydrogen-bond donors (Lipinski definition) is 3. The number of nitrogens with zero attached hydrogens (tertiary/aromatic N) is 3. The van der Waals surface area contributed by atoms with Gasteiger partial charge in [0.1, 0.15) is 11.9 Å². The van der Waals surface area contributed by atoms with E-state index in [-0.39, 0.29) is 23.7 Å². The molecule has 1 aliphatic rings. The van der Waals surface area contributed by atoms with E-state index in [0.29, 0.717) is 26.2 Å². The molecule has 0 radical (unpaired) electrons. The standard InChI is InChI=1S/C33H39FN6O2S/c1-22(27-20-35-28-8-6-5-7-26(27)28)31(32(41)36-29-19-23(21-38(2)3)9-14-30(29)43-4)37-33(42)40-17-15-39(16-18-40)25-12-10-24(34)11-13-25/h5-14,19-20,22,31,35H,15-18,21H2,1-4H3,(H,36,41)(H,37,42). The summed E-state index contributed by atoms with van der Waals surface area (Å²) in [5, 5.41) is 7.25. The second-order valence-electron chi connectivity index (χ2n) is 11.2. The third-order valence-corrected chi connectivity index (χ3v) is 8.75. The topological polar surface area (TPSA) is 83.7 Å². The maximum absolute atomic E-state index is 14.1. The SMILES string of the molecule is CSc1ccc(CN(C)C)cc1NC(=O)C(NC(=O)N1CCN(c2ccc(F)cc2)CC1)C(C)c1c[nH]c2ccccc12. The molecule has 8 nitrogen and oxygen atoms in total. The first kappa shape index (κ1) is 30.4. The van der Waals surface area contributed by atoms with Crippen molar-refractivity contribution in [1.82, 2.24) is 20.1 Å². The van der Waals surface area contributed by atoms with Gasteiger partial charge in [0, 0.05) is 66.3 Å². The van der Waals surface area contributed by atoms with Crippen LogP contribution in [0.2, 0.25) is 0 Å². The minimum absolute atomic E-state index is 0.270. The molecule has 0 saturated carbocycles. The molecule has 2 atom stereocenters. The summed E-state index contributed by atoms with van der Waals surface area (Å²) in [6, 6.07) is 19.4. The number of carbonyl (C=O) groups excluding carboxylic acids is 2. The van der Waals surface area contributed by atoms with Crippen molar-refractivity contribution in [3.63, 3.8) is 0 Å². The van der Waals surface area contributed by atoms with Crippen LogP contribution in [-0.4, -0.2) is 79.3 Å². The molecular formula is C33H39FN6O2S. The first-order valence-electron chi connectivity index (χ1n) is 14.5. The van der Waals surface area contributed by atoms with E-state index in [1.165, 1.54) is 12.1 Å². The largest absolute Gasteiger partial charge is 0.368 e. The molecule has 3 aromatic carbocycles. The number of aromatic amines is 1. The summed E-state index contributed by atoms with van der Waals surface area (Å²) in [4.78, 5) is 37.9. The van der Waals surface area contributed by atoms with Gasteiger partial charge < -0.3 is 30.3 Å². The molecule has 3 amide bonds. The number of aromatic nitrogens is 1. The number of thioether (sulfide) groups is 1. The number of anilines is 2. The third kappa shape index (κ3) is 7.14. The summed E-state index contributed by atoms with van der Waals surface area (Å²) < 4.78 is 13.4. The minimum atomic E-state index is -0.825. The molecule has 3 N–H and O–H groups in total. The normalized spacial score (nSPS) is 15.0. The predicted octanol–water partition coefficient (Wildman–Crippen LogP) is 5.73. The van der Waals surface area contributed by atoms with Gasteiger partial charge in [-0.05, 0) is 73.9 Å². The molecule has 5 rings (SSSR count). The Hall–Kier alpha value is -4.02. The smallest absolute Gasteiger partial charge is 0.318 e. The average Bonchev–Trinajstić information content (AvgIpc) is 3.44. The van der Waals surface area contributed by atoms with Crippen LogP contribution < -0.4 is 15.5 Å². The molecule has 0 bridgehead atoms. The zero-order chi connectivity index (χ0) is 30.5. The van der Waals surface area contributed by atoms with Crippen molar-refractivity contribution < 1.29 is 14.0 Å². The van der Waals surface area contributed by atoms with E-state index < -0.39 is 6.04 Å². The molecule has 0 spiro atoms. The molecule has 4 aromatic rings. The molecule has 2 heterocycles. The summed E-state index contributed by atoms with van der Waals surface area (Å²) >= 11 is 1.57. The molecular weight excluding hydrogens is 563 g/mol. The second kappa shape index (κ2) is 13.5. The third-order valence-electron chi connectivity index (χ3n) is 7.95. The molecule has 226 valence electrons. The van der Waals surface area contributed by atoms with E-state index in [4.69, 9.17) is 0 Å². The first-order chi connectivity index (χ1) is 20.7. The summed E-state index contributed by atoms with van der Waals surface area (Å²) in [7, 11) is 4.02. The van der Waals surface area contributed by atoms with Crippen molar-refractivity contribution in [3.8, 4) is 0 Å². The number of H-pyrrole nitrogens is 1. The summed E-state index contributed by atoms with van der Waals surface area (Å²) in [6.07, 6.45) is 3.91. The zero-order valence-electron chi connectivity index (χ0n) is 25.1. The van der Waals surface area contributed by atoms with Crippen LogP contribution in [0, 0.1) is 5.82 Å². The van der Waals surface area contributed by atoms with Gasteiger partial charge in [-0.3, -0.25) is 4.79 Å². The lowest BCUT2D eigenvalue weighted by Crippen LogP contribution is -2.56. The fourth-order valence-corrected chi connectivity index (χ4v) is 6.17. The van der Waals surface area contributed by atoms with Crippen LogP contribution in [0.4, 0.5) is 20.6 Å². The van der Waals surface area contributed by atoms with Crippen molar-refractivity contribution in [2.75, 3.05) is 56.7 Å². The Morgan fingerprint density at radius 1 is 1.02 bits per heavy atom. The molecule has 2 unspecified atom stereocenters. The van der Waals surface area contributed by atoms with E-state index in [1.807, 2.05) is 69.9 Å². The van der Waals surface area contributed by atoms with Gasteiger partial charge in [-0.1, -0.05) is 31.2 Å². The number of urea groups is 1. The fourth-order valence-electron chi connectivity index (χ4n) is 5.64. The Labute approximate surface area is 256 Å². The van der Waals surface area contributed by atoms with Crippen LogP contribution in [0.5, 0.6) is 0 Å². The number of para-hydroxylation sites is 1. The Morgan fingerprint density at radius 3 is 2.44 bits per heavy atom. The number of nitrogens with one attached hydrogen (secondary N) is 3. The van der Waals surface area contributed by atoms with Crippen LogP contribution in [0.1, 0.15) is 24.0 Å². The van der Waals surface area contributed by atoms with E-state index in [0.717, 1.165) is 44.8 Å². The number of fused-ring (bicyclic) bond motifs is 1. The highest BCUT2D eigenvalue weighted by molar-refractivity contribution is 7.98. The Morgan fingerprint density at radius 2 is 1.74 bits per heavy atom. The Bertz CT molecular complexity index is 1570. The van der Waals surface area contributed by atoms with E-state index >= 15 is 0 Å². The molecule has 43 heavy (non-hydrogen) atoms. The Balaban J connectivity index is 1.37. The van der Waals surface area contributed by atoms with Gasteiger partial charge in [-0.15, -0.1) is 11.8 Å². The van der Waals surface area contributed by atoms with Gasteiger partial charge in [0.05, 0.1) is 5.69 Å². The van der Waals surface area contributed by atoms with Gasteiger partial charge >= 0.3 is 6.03 Å². The molecule has 1 aromatic heterocycles. The number of piperazine rings is 1. The lowest BCUT2D eigenvalue weighted by Gasteiger charge is -2.37. The van der Waals surface area contributed by atoms with Crippen molar-refractivity contribution >= 4 is 46.0 Å². The highest BCUT2D eigenvalue weighted by atomic mass is 32.2. The van der Waals surface area contributed by atoms with Crippen molar-refractivity contribution in [3.05, 3.63) is 89.9 Å². The van der Waals surface area contributed by atoms with E-state index in [9.17, 15) is 14.0 Å². The van der Waals surface area contributed by atoms with E-state index in [1.54, 1.807) is 28.8 Å². The van der Waals surface area contributed by atoms with Gasteiger partial charge in [0.25, 0.3) is 0 Å². The fraction of sp³-hybridized carbons (Fsp3) is 0.333. The van der Waals surface area contributed by atoms with E-state index in [2.05, 4.69) is 31.5 Å². The number of hydrogen-bond acceptors (Lipinski definition) is 5. The lowest BCUT2D eigenvalue weighted by molar-refractivity contribution is -0.118. The quantitative estimate of drug-likeness (QED) is 0.213. The lowest BCUT2D eigenvalue weighted by atomic mass is 9.92. The van der Waals surface area contributed by atoms with Gasteiger partial charge in [0.15, 0.2) is 0 Å². The maximum Gasteiger partial charge on any atom is 0.318 e. The molecule has 10 heteroatoms. The monoisotopic (exact) mass is 602 g/mol. The van der Waals surface area contributed by atoms with Crippen molar-refractivity contribution in [1.29, 1.82) is 0 Å². The van der Waals surface area contributed by atoms with Crippen LogP contribution in [0.25, 0.3) is 10.9 Å². The first-order valence-corrected chi connectivity index (χ1v) is 15.7. The van der Waals surface area contributed by atoms with Crippen LogP contribution in [0.3, 0.4) is 0 Å². The molecule has 1 aliphatic heterocycles. The number of benzene rings is 3. The van der Waals surface area contributed by atoms with Crippen LogP contribution in [0.15, 0.2) is 77.8 Å². The Kier molecular flexibility index (Phi) is 9.57. The number of halogens is 1. The molecule has 0 aliphatic carbocycles. The summed E-state index contributed by atoms with van der Waals surface area (Å²) in [5.41, 5.74) is 4.68. The maximum atomic E-state index is 14.1. The van der Waals surface area contributed by atoms with Gasteiger partial charge in [-0.25, -0.2) is 9.18 Å². The highest BCUT2D eigenvalue weighted by Gasteiger charge is 2.32. The predicted molar refractivity (Wildman–Crippen MR) is 173 cm³/mol. The highest BCUT2D eigenvalue weighted by Crippen LogP contribution is 2.31. The number of rotatable bonds is 9. The minimum Gasteiger partial charge on any atom is -0.368 e. The molecule has 1 saturated heterocycles. The van der Waals surface area contributed by atoms with Crippen LogP contribution >= 0.6 is 11.8 Å². The zero-order valence-corrected chi connectivity index (χ0v) is 25.9. The second-order valence-corrected chi connectivity index (χ2v) is 12.1.